The van der Waals surface area contributed by atoms with Crippen LogP contribution in [-0.2, 0) is 5.75 Å². The maximum absolute atomic E-state index is 12.5. The molecule has 2 rings (SSSR count). The molecule has 0 aromatic carbocycles. The second kappa shape index (κ2) is 3.49. The van der Waals surface area contributed by atoms with Gasteiger partial charge in [-0.3, -0.25) is 0 Å². The van der Waals surface area contributed by atoms with E-state index in [2.05, 4.69) is 10.1 Å². The van der Waals surface area contributed by atoms with Crippen molar-refractivity contribution in [2.24, 2.45) is 0 Å². The van der Waals surface area contributed by atoms with Crippen LogP contribution in [0.25, 0.3) is 0 Å². The molecule has 1 saturated carbocycles. The van der Waals surface area contributed by atoms with Gasteiger partial charge in [0.25, 0.3) is 0 Å². The monoisotopic (exact) mass is 220 g/mol. The predicted octanol–water partition coefficient (Wildman–Crippen LogP) is 2.45. The van der Waals surface area contributed by atoms with Crippen molar-refractivity contribution in [3.05, 3.63) is 11.7 Å². The van der Waals surface area contributed by atoms with Crippen LogP contribution in [0.15, 0.2) is 4.52 Å². The smallest absolute Gasteiger partial charge is 0.249 e. The fourth-order valence-corrected chi connectivity index (χ4v) is 1.82. The van der Waals surface area contributed by atoms with Crippen LogP contribution in [-0.4, -0.2) is 22.3 Å². The summed E-state index contributed by atoms with van der Waals surface area (Å²) in [6.45, 7) is 0. The van der Waals surface area contributed by atoms with Crippen molar-refractivity contribution in [2.75, 3.05) is 6.26 Å². The van der Waals surface area contributed by atoms with Crippen molar-refractivity contribution in [1.82, 2.24) is 10.1 Å². The Hall–Kier alpha value is -0.650. The van der Waals surface area contributed by atoms with Crippen LogP contribution in [0.4, 0.5) is 8.78 Å². The highest BCUT2D eigenvalue weighted by Crippen LogP contribution is 2.47. The Bertz CT molecular complexity index is 321. The lowest BCUT2D eigenvalue weighted by Crippen LogP contribution is -2.34. The molecule has 78 valence electrons. The zero-order valence-electron chi connectivity index (χ0n) is 7.67. The molecule has 1 fully saturated rings. The molecule has 1 heterocycles. The van der Waals surface area contributed by atoms with E-state index in [0.717, 1.165) is 0 Å². The van der Waals surface area contributed by atoms with Crippen LogP contribution in [0.3, 0.4) is 0 Å². The molecule has 1 aliphatic rings. The lowest BCUT2D eigenvalue weighted by atomic mass is 9.81. The van der Waals surface area contributed by atoms with Crippen LogP contribution >= 0.6 is 11.8 Å². The number of nitrogens with zero attached hydrogens (tertiary/aromatic N) is 2. The van der Waals surface area contributed by atoms with Gasteiger partial charge in [-0.05, 0) is 6.26 Å². The fourth-order valence-electron chi connectivity index (χ4n) is 1.46. The Morgan fingerprint density at radius 3 is 2.86 bits per heavy atom. The van der Waals surface area contributed by atoms with Crippen molar-refractivity contribution in [1.29, 1.82) is 0 Å². The highest BCUT2D eigenvalue weighted by atomic mass is 32.2. The Morgan fingerprint density at radius 2 is 2.29 bits per heavy atom. The first-order chi connectivity index (χ1) is 6.61. The highest BCUT2D eigenvalue weighted by molar-refractivity contribution is 7.97. The Morgan fingerprint density at radius 1 is 1.57 bits per heavy atom. The summed E-state index contributed by atoms with van der Waals surface area (Å²) in [5.74, 6) is -1.16. The average molecular weight is 220 g/mol. The van der Waals surface area contributed by atoms with Gasteiger partial charge >= 0.3 is 0 Å². The molecule has 0 atom stereocenters. The summed E-state index contributed by atoms with van der Waals surface area (Å²) in [4.78, 5) is 4.06. The van der Waals surface area contributed by atoms with Crippen molar-refractivity contribution < 1.29 is 13.3 Å². The second-order valence-corrected chi connectivity index (χ2v) is 4.31. The maximum Gasteiger partial charge on any atom is 0.249 e. The van der Waals surface area contributed by atoms with Gasteiger partial charge in [0, 0.05) is 18.8 Å². The average Bonchev–Trinajstić information content (AvgIpc) is 2.49. The summed E-state index contributed by atoms with van der Waals surface area (Å²) in [5, 5.41) is 3.69. The van der Waals surface area contributed by atoms with Gasteiger partial charge in [-0.15, -0.1) is 0 Å². The lowest BCUT2D eigenvalue weighted by Gasteiger charge is -2.32. The Balaban J connectivity index is 1.98. The Kier molecular flexibility index (Phi) is 2.47. The zero-order valence-corrected chi connectivity index (χ0v) is 8.48. The topological polar surface area (TPSA) is 38.9 Å². The maximum atomic E-state index is 12.5. The third-order valence-electron chi connectivity index (χ3n) is 2.21. The first-order valence-corrected chi connectivity index (χ1v) is 5.69. The summed E-state index contributed by atoms with van der Waals surface area (Å²) in [6.07, 6.45) is 1.62. The normalized spacial score (nSPS) is 20.8. The molecular formula is C8H10F2N2OS. The van der Waals surface area contributed by atoms with Crippen LogP contribution < -0.4 is 0 Å². The van der Waals surface area contributed by atoms with E-state index in [-0.39, 0.29) is 18.8 Å². The van der Waals surface area contributed by atoms with E-state index in [1.165, 1.54) is 0 Å². The predicted molar refractivity (Wildman–Crippen MR) is 48.4 cm³/mol. The molecule has 0 unspecified atom stereocenters. The van der Waals surface area contributed by atoms with Gasteiger partial charge in [-0.2, -0.15) is 16.7 Å². The van der Waals surface area contributed by atoms with Gasteiger partial charge in [0.15, 0.2) is 5.82 Å². The summed E-state index contributed by atoms with van der Waals surface area (Å²) >= 11 is 1.56. The standard InChI is InChI=1S/C8H10F2N2OS/c1-14-4-6-11-7(12-13-6)5-2-8(9,10)3-5/h5H,2-4H2,1H3. The van der Waals surface area contributed by atoms with Gasteiger partial charge in [-0.25, -0.2) is 8.78 Å². The van der Waals surface area contributed by atoms with Gasteiger partial charge in [0.1, 0.15) is 0 Å². The highest BCUT2D eigenvalue weighted by Gasteiger charge is 2.47. The van der Waals surface area contributed by atoms with E-state index in [1.807, 2.05) is 6.26 Å². The zero-order chi connectivity index (χ0) is 10.2. The van der Waals surface area contributed by atoms with Crippen LogP contribution in [0.2, 0.25) is 0 Å². The molecular weight excluding hydrogens is 210 g/mol. The largest absolute Gasteiger partial charge is 0.338 e. The van der Waals surface area contributed by atoms with Gasteiger partial charge in [0.2, 0.25) is 11.8 Å². The van der Waals surface area contributed by atoms with E-state index in [9.17, 15) is 8.78 Å². The Labute approximate surface area is 84.3 Å². The SMILES string of the molecule is CSCc1nc(C2CC(F)(F)C2)no1. The molecule has 1 aromatic heterocycles. The number of hydrogen-bond acceptors (Lipinski definition) is 4. The number of rotatable bonds is 3. The molecule has 3 nitrogen and oxygen atoms in total. The summed E-state index contributed by atoms with van der Waals surface area (Å²) < 4.78 is 30.0. The number of hydrogen-bond donors (Lipinski definition) is 0. The van der Waals surface area contributed by atoms with Gasteiger partial charge in [0.05, 0.1) is 5.75 Å². The first kappa shape index (κ1) is 9.89. The summed E-state index contributed by atoms with van der Waals surface area (Å²) in [5.41, 5.74) is 0. The number of alkyl halides is 2. The van der Waals surface area contributed by atoms with E-state index >= 15 is 0 Å². The first-order valence-electron chi connectivity index (χ1n) is 4.30. The van der Waals surface area contributed by atoms with Crippen molar-refractivity contribution >= 4 is 11.8 Å². The molecule has 0 spiro atoms. The molecule has 1 aliphatic carbocycles. The molecule has 0 radical (unpaired) electrons. The lowest BCUT2D eigenvalue weighted by molar-refractivity contribution is -0.0888. The van der Waals surface area contributed by atoms with E-state index < -0.39 is 5.92 Å². The van der Waals surface area contributed by atoms with E-state index in [1.54, 1.807) is 11.8 Å². The minimum atomic E-state index is -2.52. The second-order valence-electron chi connectivity index (χ2n) is 3.44. The van der Waals surface area contributed by atoms with Crippen LogP contribution in [0, 0.1) is 0 Å². The molecule has 0 N–H and O–H groups in total. The summed E-state index contributed by atoms with van der Waals surface area (Å²) in [6, 6.07) is 0. The van der Waals surface area contributed by atoms with Gasteiger partial charge < -0.3 is 4.52 Å². The molecule has 1 aromatic rings. The molecule has 0 amide bonds. The number of halogens is 2. The minimum absolute atomic E-state index is 0.148. The van der Waals surface area contributed by atoms with Crippen LogP contribution in [0.5, 0.6) is 0 Å². The summed E-state index contributed by atoms with van der Waals surface area (Å²) in [7, 11) is 0. The van der Waals surface area contributed by atoms with E-state index in [0.29, 0.717) is 17.5 Å². The third-order valence-corrected chi connectivity index (χ3v) is 2.74. The van der Waals surface area contributed by atoms with E-state index in [4.69, 9.17) is 4.52 Å². The fraction of sp³-hybridized carbons (Fsp3) is 0.750. The number of aromatic nitrogens is 2. The van der Waals surface area contributed by atoms with Crippen LogP contribution in [0.1, 0.15) is 30.5 Å². The van der Waals surface area contributed by atoms with Crippen molar-refractivity contribution in [3.8, 4) is 0 Å². The molecule has 0 saturated heterocycles. The minimum Gasteiger partial charge on any atom is -0.338 e. The quantitative estimate of drug-likeness (QED) is 0.784. The molecule has 14 heavy (non-hydrogen) atoms. The van der Waals surface area contributed by atoms with Gasteiger partial charge in [-0.1, -0.05) is 5.16 Å². The third kappa shape index (κ3) is 1.89. The molecule has 0 aliphatic heterocycles. The number of thioether (sulfide) groups is 1. The molecule has 0 bridgehead atoms. The van der Waals surface area contributed by atoms with Crippen molar-refractivity contribution in [3.63, 3.8) is 0 Å². The van der Waals surface area contributed by atoms with Crippen molar-refractivity contribution in [2.45, 2.75) is 30.4 Å². The molecule has 6 heteroatoms.